The third kappa shape index (κ3) is 2.61. The summed E-state index contributed by atoms with van der Waals surface area (Å²) in [6.07, 6.45) is 0.468. The van der Waals surface area contributed by atoms with Crippen LogP contribution in [-0.4, -0.2) is 31.1 Å². The topological polar surface area (TPSA) is 37.3 Å². The Hall–Kier alpha value is -0.921. The van der Waals surface area contributed by atoms with Gasteiger partial charge in [-0.1, -0.05) is 0 Å². The molecule has 3 heteroatoms. The first-order chi connectivity index (χ1) is 5.70. The molecule has 0 radical (unpaired) electrons. The molecule has 0 saturated heterocycles. The molecule has 0 aliphatic heterocycles. The summed E-state index contributed by atoms with van der Waals surface area (Å²) >= 11 is 2.54. The number of carboxylic acids is 1. The number of carboxylic acid groups (broad SMARTS) is 1. The van der Waals surface area contributed by atoms with E-state index in [2.05, 4.69) is 15.6 Å². The van der Waals surface area contributed by atoms with Gasteiger partial charge in [-0.15, -0.1) is 0 Å². The quantitative estimate of drug-likeness (QED) is 0.770. The van der Waals surface area contributed by atoms with Crippen LogP contribution in [0.15, 0.2) is 30.3 Å². The summed E-state index contributed by atoms with van der Waals surface area (Å²) in [6.45, 7) is 0. The van der Waals surface area contributed by atoms with Gasteiger partial charge in [-0.3, -0.25) is 0 Å². The maximum absolute atomic E-state index is 10.4. The zero-order chi connectivity index (χ0) is 8.97. The van der Waals surface area contributed by atoms with Gasteiger partial charge in [0, 0.05) is 0 Å². The average Bonchev–Trinajstić information content (AvgIpc) is 2.06. The molecule has 1 N–H and O–H groups in total. The molecule has 0 unspecified atom stereocenters. The van der Waals surface area contributed by atoms with Crippen LogP contribution in [-0.2, 0) is 11.2 Å². The number of benzene rings is 1. The van der Waals surface area contributed by atoms with E-state index in [1.807, 2.05) is 30.3 Å². The van der Waals surface area contributed by atoms with Gasteiger partial charge in [0.15, 0.2) is 0 Å². The number of hydrogen-bond acceptors (Lipinski definition) is 1. The average molecular weight is 227 g/mol. The zero-order valence-corrected chi connectivity index (χ0v) is 8.07. The van der Waals surface area contributed by atoms with Gasteiger partial charge in [0.05, 0.1) is 0 Å². The zero-order valence-electron chi connectivity index (χ0n) is 6.36. The van der Waals surface area contributed by atoms with Crippen molar-refractivity contribution in [3.63, 3.8) is 0 Å². The molecule has 0 aliphatic rings. The second-order valence-corrected chi connectivity index (χ2v) is 3.42. The van der Waals surface area contributed by atoms with E-state index >= 15 is 0 Å². The normalized spacial score (nSPS) is 9.33. The Morgan fingerprint density at radius 2 is 1.92 bits per heavy atom. The van der Waals surface area contributed by atoms with Crippen LogP contribution in [0.5, 0.6) is 0 Å². The Morgan fingerprint density at radius 1 is 1.33 bits per heavy atom. The summed E-state index contributed by atoms with van der Waals surface area (Å²) in [5, 5.41) is 8.58. The Morgan fingerprint density at radius 3 is 2.42 bits per heavy atom. The summed E-state index contributed by atoms with van der Waals surface area (Å²) in [5.74, 6) is -0.876. The van der Waals surface area contributed by atoms with Gasteiger partial charge in [0.2, 0.25) is 0 Å². The van der Waals surface area contributed by atoms with E-state index in [-0.39, 0.29) is 0 Å². The molecule has 0 saturated carbocycles. The molecular weight excluding hydrogens is 219 g/mol. The first-order valence-corrected chi connectivity index (χ1v) is 4.36. The molecule has 1 aromatic carbocycles. The summed E-state index contributed by atoms with van der Waals surface area (Å²) in [6, 6.07) is 9.50. The Labute approximate surface area is 78.6 Å². The number of hydrogen-bond donors (Lipinski definition) is 1. The van der Waals surface area contributed by atoms with Gasteiger partial charge in [-0.25, -0.2) is 0 Å². The molecule has 0 spiro atoms. The maximum atomic E-state index is 10.4. The van der Waals surface area contributed by atoms with Crippen molar-refractivity contribution in [3.05, 3.63) is 35.9 Å². The van der Waals surface area contributed by atoms with Gasteiger partial charge in [0.25, 0.3) is 0 Å². The summed E-state index contributed by atoms with van der Waals surface area (Å²) < 4.78 is 0.348. The van der Waals surface area contributed by atoms with Gasteiger partial charge in [-0.05, 0) is 0 Å². The molecule has 0 heterocycles. The van der Waals surface area contributed by atoms with E-state index in [4.69, 9.17) is 5.11 Å². The molecule has 0 amide bonds. The van der Waals surface area contributed by atoms with Crippen molar-refractivity contribution in [1.82, 2.24) is 0 Å². The van der Waals surface area contributed by atoms with Crippen LogP contribution in [0, 0.1) is 0 Å². The van der Waals surface area contributed by atoms with Crippen LogP contribution in [0.2, 0.25) is 0 Å². The number of aliphatic carboxylic acids is 1. The van der Waals surface area contributed by atoms with Crippen molar-refractivity contribution in [2.45, 2.75) is 6.42 Å². The summed E-state index contributed by atoms with van der Waals surface area (Å²) in [4.78, 5) is 10.4. The predicted molar refractivity (Wildman–Crippen MR) is 48.5 cm³/mol. The Kier molecular flexibility index (Phi) is 3.20. The van der Waals surface area contributed by atoms with E-state index in [0.717, 1.165) is 5.56 Å². The van der Waals surface area contributed by atoms with E-state index in [9.17, 15) is 4.79 Å². The van der Waals surface area contributed by atoms with Crippen LogP contribution in [0.3, 0.4) is 0 Å². The fourth-order valence-corrected chi connectivity index (χ4v) is 1.21. The minimum absolute atomic E-state index is 0.348. The fourth-order valence-electron chi connectivity index (χ4n) is 0.857. The molecular formula is C9H8O2Se. The number of rotatable bonds is 3. The number of carbonyl (C=O) groups is 1. The third-order valence-corrected chi connectivity index (χ3v) is 2.12. The summed E-state index contributed by atoms with van der Waals surface area (Å²) in [5.41, 5.74) is 1.01. The minimum atomic E-state index is -0.876. The van der Waals surface area contributed by atoms with Crippen LogP contribution in [0.25, 0.3) is 0 Å². The van der Waals surface area contributed by atoms with E-state index < -0.39 is 5.97 Å². The van der Waals surface area contributed by atoms with Gasteiger partial charge in [-0.2, -0.15) is 0 Å². The van der Waals surface area contributed by atoms with Crippen molar-refractivity contribution in [1.29, 1.82) is 0 Å². The molecule has 12 heavy (non-hydrogen) atoms. The summed E-state index contributed by atoms with van der Waals surface area (Å²) in [7, 11) is 0. The van der Waals surface area contributed by atoms with Crippen molar-refractivity contribution in [2.24, 2.45) is 0 Å². The molecule has 1 rings (SSSR count). The van der Waals surface area contributed by atoms with E-state index in [1.165, 1.54) is 0 Å². The van der Waals surface area contributed by atoms with Crippen molar-refractivity contribution >= 4 is 26.0 Å². The second-order valence-electron chi connectivity index (χ2n) is 2.39. The molecule has 0 aliphatic carbocycles. The first-order valence-electron chi connectivity index (χ1n) is 3.50. The first kappa shape index (κ1) is 9.17. The van der Waals surface area contributed by atoms with Gasteiger partial charge < -0.3 is 0 Å². The SMILES string of the molecule is O=C(O)C(=[Se])Cc1ccccc1. The molecule has 1 aromatic rings. The van der Waals surface area contributed by atoms with E-state index in [0.29, 0.717) is 10.8 Å². The van der Waals surface area contributed by atoms with Crippen LogP contribution < -0.4 is 0 Å². The van der Waals surface area contributed by atoms with Crippen LogP contribution >= 0.6 is 0 Å². The van der Waals surface area contributed by atoms with E-state index in [1.54, 1.807) is 0 Å². The molecule has 0 fully saturated rings. The standard InChI is InChI=1S/C9H8O2Se/c10-9(11)8(12)6-7-4-2-1-3-5-7/h1-5H,6H2,(H,10,11). The fraction of sp³-hybridized carbons (Fsp3) is 0.111. The molecule has 2 nitrogen and oxygen atoms in total. The Balaban J connectivity index is 2.65. The van der Waals surface area contributed by atoms with Crippen molar-refractivity contribution in [2.75, 3.05) is 0 Å². The molecule has 0 atom stereocenters. The van der Waals surface area contributed by atoms with Gasteiger partial charge in [0.1, 0.15) is 0 Å². The van der Waals surface area contributed by atoms with Crippen LogP contribution in [0.1, 0.15) is 5.56 Å². The molecule has 62 valence electrons. The molecule has 0 bridgehead atoms. The second kappa shape index (κ2) is 4.19. The van der Waals surface area contributed by atoms with Crippen molar-refractivity contribution in [3.8, 4) is 0 Å². The Bertz CT molecular complexity index is 293. The predicted octanol–water partition coefficient (Wildman–Crippen LogP) is 0.655. The molecule has 0 aromatic heterocycles. The van der Waals surface area contributed by atoms with Gasteiger partial charge >= 0.3 is 78.2 Å². The van der Waals surface area contributed by atoms with Crippen LogP contribution in [0.4, 0.5) is 0 Å². The third-order valence-electron chi connectivity index (χ3n) is 1.45. The van der Waals surface area contributed by atoms with Crippen molar-refractivity contribution < 1.29 is 9.90 Å². The monoisotopic (exact) mass is 228 g/mol.